The second kappa shape index (κ2) is 4.13. The Morgan fingerprint density at radius 2 is 2.00 bits per heavy atom. The van der Waals surface area contributed by atoms with Crippen molar-refractivity contribution >= 4 is 0 Å². The normalized spacial score (nSPS) is 10.2. The molecule has 0 bridgehead atoms. The van der Waals surface area contributed by atoms with E-state index < -0.39 is 0 Å². The molecule has 15 heavy (non-hydrogen) atoms. The molecule has 1 aromatic carbocycles. The minimum Gasteiger partial charge on any atom is -0.311 e. The standard InChI is InChI=1S/C13H13NO/c1-11-5-4-6-12(9-11)10-14-8-3-2-7-13(14)15/h2-9H,10H2,1H3. The lowest BCUT2D eigenvalue weighted by molar-refractivity contribution is 0.759. The molecular formula is C13H13NO. The fourth-order valence-corrected chi connectivity index (χ4v) is 1.60. The van der Waals surface area contributed by atoms with Crippen LogP contribution in [-0.4, -0.2) is 4.57 Å². The maximum Gasteiger partial charge on any atom is 0.250 e. The Balaban J connectivity index is 2.30. The quantitative estimate of drug-likeness (QED) is 0.726. The van der Waals surface area contributed by atoms with Gasteiger partial charge in [0.15, 0.2) is 0 Å². The number of hydrogen-bond acceptors (Lipinski definition) is 1. The number of rotatable bonds is 2. The van der Waals surface area contributed by atoms with Gasteiger partial charge in [-0.1, -0.05) is 35.9 Å². The molecule has 0 atom stereocenters. The Kier molecular flexibility index (Phi) is 2.68. The summed E-state index contributed by atoms with van der Waals surface area (Å²) in [6, 6.07) is 13.4. The third kappa shape index (κ3) is 2.34. The monoisotopic (exact) mass is 199 g/mol. The highest BCUT2D eigenvalue weighted by atomic mass is 16.1. The lowest BCUT2D eigenvalue weighted by Gasteiger charge is -2.05. The molecule has 0 saturated carbocycles. The molecule has 76 valence electrons. The first-order valence-corrected chi connectivity index (χ1v) is 4.97. The molecule has 0 aliphatic rings. The zero-order valence-electron chi connectivity index (χ0n) is 8.68. The van der Waals surface area contributed by atoms with Gasteiger partial charge in [0.1, 0.15) is 0 Å². The van der Waals surface area contributed by atoms with Crippen molar-refractivity contribution in [3.05, 3.63) is 70.1 Å². The van der Waals surface area contributed by atoms with Crippen LogP contribution in [0.25, 0.3) is 0 Å². The third-order valence-corrected chi connectivity index (χ3v) is 2.33. The van der Waals surface area contributed by atoms with Crippen molar-refractivity contribution in [3.63, 3.8) is 0 Å². The van der Waals surface area contributed by atoms with Gasteiger partial charge in [0, 0.05) is 12.3 Å². The Hall–Kier alpha value is -1.83. The van der Waals surface area contributed by atoms with Gasteiger partial charge in [-0.25, -0.2) is 0 Å². The van der Waals surface area contributed by atoms with Crippen molar-refractivity contribution in [2.75, 3.05) is 0 Å². The van der Waals surface area contributed by atoms with Crippen molar-refractivity contribution in [1.29, 1.82) is 0 Å². The number of pyridine rings is 1. The number of aryl methyl sites for hydroxylation is 1. The van der Waals surface area contributed by atoms with Gasteiger partial charge in [-0.2, -0.15) is 0 Å². The molecule has 0 amide bonds. The van der Waals surface area contributed by atoms with Crippen LogP contribution >= 0.6 is 0 Å². The summed E-state index contributed by atoms with van der Waals surface area (Å²) in [7, 11) is 0. The summed E-state index contributed by atoms with van der Waals surface area (Å²) in [5.74, 6) is 0. The molecule has 2 aromatic rings. The van der Waals surface area contributed by atoms with E-state index in [1.807, 2.05) is 24.4 Å². The maximum absolute atomic E-state index is 11.5. The lowest BCUT2D eigenvalue weighted by atomic mass is 10.1. The van der Waals surface area contributed by atoms with E-state index in [9.17, 15) is 4.79 Å². The topological polar surface area (TPSA) is 22.0 Å². The van der Waals surface area contributed by atoms with Gasteiger partial charge in [0.05, 0.1) is 6.54 Å². The summed E-state index contributed by atoms with van der Waals surface area (Å²) in [6.07, 6.45) is 1.81. The fourth-order valence-electron chi connectivity index (χ4n) is 1.60. The number of benzene rings is 1. The van der Waals surface area contributed by atoms with Gasteiger partial charge in [0.2, 0.25) is 0 Å². The van der Waals surface area contributed by atoms with Gasteiger partial charge in [-0.3, -0.25) is 4.79 Å². The van der Waals surface area contributed by atoms with Gasteiger partial charge in [0.25, 0.3) is 5.56 Å². The fraction of sp³-hybridized carbons (Fsp3) is 0.154. The highest BCUT2D eigenvalue weighted by Crippen LogP contribution is 2.04. The Morgan fingerprint density at radius 3 is 2.73 bits per heavy atom. The Morgan fingerprint density at radius 1 is 1.13 bits per heavy atom. The first-order valence-electron chi connectivity index (χ1n) is 4.97. The van der Waals surface area contributed by atoms with Crippen molar-refractivity contribution in [1.82, 2.24) is 4.57 Å². The van der Waals surface area contributed by atoms with Crippen LogP contribution in [0.4, 0.5) is 0 Å². The zero-order valence-corrected chi connectivity index (χ0v) is 8.68. The summed E-state index contributed by atoms with van der Waals surface area (Å²) in [5.41, 5.74) is 2.42. The average molecular weight is 199 g/mol. The molecule has 0 radical (unpaired) electrons. The van der Waals surface area contributed by atoms with Crippen LogP contribution in [0, 0.1) is 6.92 Å². The zero-order chi connectivity index (χ0) is 10.7. The molecule has 0 aliphatic carbocycles. The Labute approximate surface area is 88.8 Å². The van der Waals surface area contributed by atoms with Crippen molar-refractivity contribution in [2.24, 2.45) is 0 Å². The minimum atomic E-state index is 0.0407. The highest BCUT2D eigenvalue weighted by Gasteiger charge is 1.96. The molecule has 0 spiro atoms. The smallest absolute Gasteiger partial charge is 0.250 e. The summed E-state index contributed by atoms with van der Waals surface area (Å²) < 4.78 is 1.70. The highest BCUT2D eigenvalue weighted by molar-refractivity contribution is 5.22. The number of aromatic nitrogens is 1. The van der Waals surface area contributed by atoms with Crippen molar-refractivity contribution in [2.45, 2.75) is 13.5 Å². The molecule has 1 heterocycles. The van der Waals surface area contributed by atoms with Crippen LogP contribution in [0.3, 0.4) is 0 Å². The van der Waals surface area contributed by atoms with E-state index in [4.69, 9.17) is 0 Å². The first-order chi connectivity index (χ1) is 7.25. The maximum atomic E-state index is 11.5. The van der Waals surface area contributed by atoms with Crippen LogP contribution in [0.1, 0.15) is 11.1 Å². The molecular weight excluding hydrogens is 186 g/mol. The molecule has 2 nitrogen and oxygen atoms in total. The summed E-state index contributed by atoms with van der Waals surface area (Å²) >= 11 is 0. The van der Waals surface area contributed by atoms with E-state index in [-0.39, 0.29) is 5.56 Å². The van der Waals surface area contributed by atoms with Crippen molar-refractivity contribution < 1.29 is 0 Å². The Bertz CT molecular complexity index is 514. The van der Waals surface area contributed by atoms with Crippen LogP contribution in [0.15, 0.2) is 53.5 Å². The predicted molar refractivity (Wildman–Crippen MR) is 61.0 cm³/mol. The van der Waals surface area contributed by atoms with Crippen LogP contribution in [0.5, 0.6) is 0 Å². The largest absolute Gasteiger partial charge is 0.311 e. The summed E-state index contributed by atoms with van der Waals surface area (Å²) in [5, 5.41) is 0. The molecule has 2 heteroatoms. The van der Waals surface area contributed by atoms with Crippen molar-refractivity contribution in [3.8, 4) is 0 Å². The summed E-state index contributed by atoms with van der Waals surface area (Å²) in [4.78, 5) is 11.5. The van der Waals surface area contributed by atoms with E-state index in [0.717, 1.165) is 5.56 Å². The third-order valence-electron chi connectivity index (χ3n) is 2.33. The SMILES string of the molecule is Cc1cccc(Cn2ccccc2=O)c1. The van der Waals surface area contributed by atoms with E-state index >= 15 is 0 Å². The first kappa shape index (κ1) is 9.71. The van der Waals surface area contributed by atoms with Gasteiger partial charge in [-0.15, -0.1) is 0 Å². The molecule has 0 N–H and O–H groups in total. The van der Waals surface area contributed by atoms with Crippen LogP contribution in [-0.2, 0) is 6.54 Å². The average Bonchev–Trinajstić information content (AvgIpc) is 2.22. The van der Waals surface area contributed by atoms with Crippen LogP contribution < -0.4 is 5.56 Å². The summed E-state index contributed by atoms with van der Waals surface area (Å²) in [6.45, 7) is 2.69. The molecule has 0 fully saturated rings. The number of hydrogen-bond donors (Lipinski definition) is 0. The van der Waals surface area contributed by atoms with E-state index in [1.165, 1.54) is 5.56 Å². The van der Waals surface area contributed by atoms with Gasteiger partial charge >= 0.3 is 0 Å². The molecule has 0 saturated heterocycles. The second-order valence-electron chi connectivity index (χ2n) is 3.66. The minimum absolute atomic E-state index is 0.0407. The van der Waals surface area contributed by atoms with Crippen LogP contribution in [0.2, 0.25) is 0 Å². The van der Waals surface area contributed by atoms with E-state index in [0.29, 0.717) is 6.54 Å². The lowest BCUT2D eigenvalue weighted by Crippen LogP contribution is -2.18. The van der Waals surface area contributed by atoms with E-state index in [1.54, 1.807) is 16.7 Å². The molecule has 0 unspecified atom stereocenters. The van der Waals surface area contributed by atoms with Gasteiger partial charge < -0.3 is 4.57 Å². The molecule has 2 rings (SSSR count). The second-order valence-corrected chi connectivity index (χ2v) is 3.66. The van der Waals surface area contributed by atoms with E-state index in [2.05, 4.69) is 19.1 Å². The predicted octanol–water partition coefficient (Wildman–Crippen LogP) is 2.21. The number of nitrogens with zero attached hydrogens (tertiary/aromatic N) is 1. The molecule has 1 aromatic heterocycles. The van der Waals surface area contributed by atoms with Gasteiger partial charge in [-0.05, 0) is 18.6 Å². The molecule has 0 aliphatic heterocycles.